The molecule has 0 unspecified atom stereocenters. The highest BCUT2D eigenvalue weighted by Crippen LogP contribution is 2.33. The average molecular weight is 338 g/mol. The average Bonchev–Trinajstić information content (AvgIpc) is 2.99. The fourth-order valence-corrected chi connectivity index (χ4v) is 3.15. The van der Waals surface area contributed by atoms with E-state index in [0.29, 0.717) is 6.54 Å². The van der Waals surface area contributed by atoms with Gasteiger partial charge in [0.2, 0.25) is 11.8 Å². The molecule has 2 amide bonds. The van der Waals surface area contributed by atoms with Gasteiger partial charge in [0.05, 0.1) is 18.7 Å². The van der Waals surface area contributed by atoms with E-state index in [9.17, 15) is 9.59 Å². The smallest absolute Gasteiger partial charge is 0.225 e. The summed E-state index contributed by atoms with van der Waals surface area (Å²) in [7, 11) is 3.62. The highest BCUT2D eigenvalue weighted by Gasteiger charge is 2.29. The molecule has 1 aromatic carbocycles. The summed E-state index contributed by atoms with van der Waals surface area (Å²) in [5.74, 6) is -0.0799. The molecule has 0 saturated heterocycles. The summed E-state index contributed by atoms with van der Waals surface area (Å²) in [6.45, 7) is 2.02. The number of aryl methyl sites for hydroxylation is 1. The van der Waals surface area contributed by atoms with Crippen molar-refractivity contribution in [3.05, 3.63) is 59.5 Å². The Morgan fingerprint density at radius 3 is 2.72 bits per heavy atom. The zero-order chi connectivity index (χ0) is 18.0. The lowest BCUT2D eigenvalue weighted by molar-refractivity contribution is -0.134. The summed E-state index contributed by atoms with van der Waals surface area (Å²) >= 11 is 0. The van der Waals surface area contributed by atoms with E-state index in [0.717, 1.165) is 16.7 Å². The highest BCUT2D eigenvalue weighted by molar-refractivity contribution is 5.81. The van der Waals surface area contributed by atoms with Crippen LogP contribution in [0.3, 0.4) is 0 Å². The van der Waals surface area contributed by atoms with Crippen LogP contribution in [-0.2, 0) is 23.2 Å². The van der Waals surface area contributed by atoms with E-state index in [1.54, 1.807) is 33.9 Å². The number of carbonyl (C=O) groups excluding carboxylic acids is 2. The molecule has 0 bridgehead atoms. The standard InChI is InChI=1S/C19H22N4O2/c1-14(24)23-9-8-16-6-4-5-7-17(16)18(23)10-19(25)21(2)12-15-11-20-22(3)13-15/h4-9,11,13,18H,10,12H2,1-3H3/t18-/m1/s1. The fourth-order valence-electron chi connectivity index (χ4n) is 3.15. The first-order valence-corrected chi connectivity index (χ1v) is 8.23. The molecule has 2 heterocycles. The summed E-state index contributed by atoms with van der Waals surface area (Å²) in [6.07, 6.45) is 7.58. The zero-order valence-corrected chi connectivity index (χ0v) is 14.7. The summed E-state index contributed by atoms with van der Waals surface area (Å²) in [4.78, 5) is 28.1. The third-order valence-corrected chi connectivity index (χ3v) is 4.44. The van der Waals surface area contributed by atoms with Gasteiger partial charge in [-0.1, -0.05) is 24.3 Å². The van der Waals surface area contributed by atoms with Crippen LogP contribution in [-0.4, -0.2) is 38.4 Å². The maximum atomic E-state index is 12.7. The van der Waals surface area contributed by atoms with E-state index < -0.39 is 0 Å². The van der Waals surface area contributed by atoms with Gasteiger partial charge >= 0.3 is 0 Å². The second kappa shape index (κ2) is 6.93. The van der Waals surface area contributed by atoms with Crippen molar-refractivity contribution in [2.45, 2.75) is 25.9 Å². The monoisotopic (exact) mass is 338 g/mol. The maximum absolute atomic E-state index is 12.7. The van der Waals surface area contributed by atoms with E-state index in [4.69, 9.17) is 0 Å². The van der Waals surface area contributed by atoms with Gasteiger partial charge in [0, 0.05) is 45.5 Å². The number of carbonyl (C=O) groups is 2. The van der Waals surface area contributed by atoms with Crippen LogP contribution in [0.15, 0.2) is 42.9 Å². The largest absolute Gasteiger partial charge is 0.341 e. The summed E-state index contributed by atoms with van der Waals surface area (Å²) < 4.78 is 1.72. The molecule has 3 rings (SSSR count). The predicted molar refractivity (Wildman–Crippen MR) is 95.0 cm³/mol. The minimum Gasteiger partial charge on any atom is -0.341 e. The highest BCUT2D eigenvalue weighted by atomic mass is 16.2. The molecular weight excluding hydrogens is 316 g/mol. The Bertz CT molecular complexity index is 824. The minimum atomic E-state index is -0.275. The normalized spacial score (nSPS) is 15.8. The molecule has 1 aliphatic rings. The van der Waals surface area contributed by atoms with Crippen LogP contribution in [0.2, 0.25) is 0 Å². The van der Waals surface area contributed by atoms with E-state index in [-0.39, 0.29) is 24.3 Å². The first-order chi connectivity index (χ1) is 12.0. The quantitative estimate of drug-likeness (QED) is 0.860. The molecular formula is C19H22N4O2. The van der Waals surface area contributed by atoms with Crippen molar-refractivity contribution in [3.63, 3.8) is 0 Å². The Morgan fingerprint density at radius 1 is 1.28 bits per heavy atom. The Labute approximate surface area is 147 Å². The first-order valence-electron chi connectivity index (χ1n) is 8.23. The number of amides is 2. The van der Waals surface area contributed by atoms with E-state index in [1.807, 2.05) is 43.6 Å². The van der Waals surface area contributed by atoms with Crippen LogP contribution >= 0.6 is 0 Å². The van der Waals surface area contributed by atoms with Crippen LogP contribution in [0, 0.1) is 0 Å². The molecule has 6 heteroatoms. The molecule has 0 N–H and O–H groups in total. The van der Waals surface area contributed by atoms with Crippen LogP contribution in [0.1, 0.15) is 36.1 Å². The van der Waals surface area contributed by atoms with Gasteiger partial charge in [-0.05, 0) is 17.2 Å². The van der Waals surface area contributed by atoms with Gasteiger partial charge < -0.3 is 9.80 Å². The number of hydrogen-bond donors (Lipinski definition) is 0. The lowest BCUT2D eigenvalue weighted by atomic mass is 9.93. The number of benzene rings is 1. The second-order valence-electron chi connectivity index (χ2n) is 6.36. The van der Waals surface area contributed by atoms with E-state index in [1.165, 1.54) is 6.92 Å². The maximum Gasteiger partial charge on any atom is 0.225 e. The van der Waals surface area contributed by atoms with Crippen molar-refractivity contribution in [1.29, 1.82) is 0 Å². The first kappa shape index (κ1) is 17.0. The Hall–Kier alpha value is -2.89. The number of nitrogens with zero attached hydrogens (tertiary/aromatic N) is 4. The second-order valence-corrected chi connectivity index (χ2v) is 6.36. The van der Waals surface area contributed by atoms with Gasteiger partial charge in [0.1, 0.15) is 0 Å². The third kappa shape index (κ3) is 3.63. The lowest BCUT2D eigenvalue weighted by Crippen LogP contribution is -2.35. The number of fused-ring (bicyclic) bond motifs is 1. The van der Waals surface area contributed by atoms with Crippen molar-refractivity contribution in [2.24, 2.45) is 7.05 Å². The zero-order valence-electron chi connectivity index (χ0n) is 14.7. The van der Waals surface area contributed by atoms with Gasteiger partial charge in [0.15, 0.2) is 0 Å². The van der Waals surface area contributed by atoms with E-state index >= 15 is 0 Å². The van der Waals surface area contributed by atoms with Crippen molar-refractivity contribution < 1.29 is 9.59 Å². The topological polar surface area (TPSA) is 58.4 Å². The Kier molecular flexibility index (Phi) is 4.70. The molecule has 0 saturated carbocycles. The SMILES string of the molecule is CC(=O)N1C=Cc2ccccc2[C@H]1CC(=O)N(C)Cc1cnn(C)c1. The molecule has 0 aliphatic carbocycles. The van der Waals surface area contributed by atoms with Gasteiger partial charge in [0.25, 0.3) is 0 Å². The molecule has 6 nitrogen and oxygen atoms in total. The summed E-state index contributed by atoms with van der Waals surface area (Å²) in [6, 6.07) is 7.60. The van der Waals surface area contributed by atoms with E-state index in [2.05, 4.69) is 5.10 Å². The molecule has 0 fully saturated rings. The minimum absolute atomic E-state index is 0.00907. The van der Waals surface area contributed by atoms with Gasteiger partial charge in [-0.25, -0.2) is 0 Å². The van der Waals surface area contributed by atoms with Gasteiger partial charge in [-0.15, -0.1) is 0 Å². The molecule has 1 aliphatic heterocycles. The van der Waals surface area contributed by atoms with Crippen LogP contribution in [0.4, 0.5) is 0 Å². The van der Waals surface area contributed by atoms with Crippen molar-refractivity contribution in [2.75, 3.05) is 7.05 Å². The summed E-state index contributed by atoms with van der Waals surface area (Å²) in [5.41, 5.74) is 3.03. The molecule has 130 valence electrons. The predicted octanol–water partition coefficient (Wildman–Crippen LogP) is 2.34. The number of rotatable bonds is 4. The van der Waals surface area contributed by atoms with Crippen molar-refractivity contribution >= 4 is 17.9 Å². The number of aromatic nitrogens is 2. The Balaban J connectivity index is 1.77. The lowest BCUT2D eigenvalue weighted by Gasteiger charge is -2.33. The molecule has 0 spiro atoms. The number of hydrogen-bond acceptors (Lipinski definition) is 3. The van der Waals surface area contributed by atoms with Gasteiger partial charge in [-0.2, -0.15) is 5.10 Å². The van der Waals surface area contributed by atoms with Crippen LogP contribution < -0.4 is 0 Å². The summed E-state index contributed by atoms with van der Waals surface area (Å²) in [5, 5.41) is 4.13. The molecule has 1 atom stereocenters. The molecule has 25 heavy (non-hydrogen) atoms. The van der Waals surface area contributed by atoms with Crippen molar-refractivity contribution in [3.8, 4) is 0 Å². The fraction of sp³-hybridized carbons (Fsp3) is 0.316. The van der Waals surface area contributed by atoms with Gasteiger partial charge in [-0.3, -0.25) is 14.3 Å². The third-order valence-electron chi connectivity index (χ3n) is 4.44. The molecule has 1 aromatic heterocycles. The Morgan fingerprint density at radius 2 is 2.04 bits per heavy atom. The van der Waals surface area contributed by atoms with Crippen LogP contribution in [0.25, 0.3) is 6.08 Å². The van der Waals surface area contributed by atoms with Crippen LogP contribution in [0.5, 0.6) is 0 Å². The van der Waals surface area contributed by atoms with Crippen molar-refractivity contribution in [1.82, 2.24) is 19.6 Å². The molecule has 0 radical (unpaired) electrons. The molecule has 2 aromatic rings.